The molecule has 209 valence electrons. The third-order valence-corrected chi connectivity index (χ3v) is 55.5. The van der Waals surface area contributed by atoms with Gasteiger partial charge < -0.3 is 0 Å². The summed E-state index contributed by atoms with van der Waals surface area (Å²) in [4.78, 5) is 0. The molecule has 0 bridgehead atoms. The Morgan fingerprint density at radius 1 is 0.268 bits per heavy atom. The quantitative estimate of drug-likeness (QED) is 0.113. The molecule has 0 heterocycles. The van der Waals surface area contributed by atoms with Crippen molar-refractivity contribution in [2.45, 2.75) is 0 Å². The van der Waals surface area contributed by atoms with Crippen LogP contribution < -0.4 is 31.8 Å². The zero-order valence-corrected chi connectivity index (χ0v) is 27.6. The van der Waals surface area contributed by atoms with Gasteiger partial charge in [0.15, 0.2) is 0 Å². The first-order chi connectivity index (χ1) is 20.1. The Balaban J connectivity index is 1.86. The minimum atomic E-state index is -3.83. The van der Waals surface area contributed by atoms with Crippen LogP contribution in [0.1, 0.15) is 0 Å². The van der Waals surface area contributed by atoms with Gasteiger partial charge in [0, 0.05) is 0 Å². The number of rotatable bonds is 8. The van der Waals surface area contributed by atoms with Crippen molar-refractivity contribution in [3.8, 4) is 0 Å². The van der Waals surface area contributed by atoms with Gasteiger partial charge in [-0.3, -0.25) is 0 Å². The summed E-state index contributed by atoms with van der Waals surface area (Å²) in [5.74, 6) is 0. The molecule has 0 atom stereocenters. The van der Waals surface area contributed by atoms with Crippen LogP contribution in [-0.4, -0.2) is 0 Å². The van der Waals surface area contributed by atoms with Crippen molar-refractivity contribution in [2.75, 3.05) is 0 Å². The molecule has 0 spiro atoms. The van der Waals surface area contributed by atoms with Gasteiger partial charge in [-0.15, -0.1) is 0 Å². The third-order valence-electron chi connectivity index (χ3n) is 7.58. The normalized spacial score (nSPS) is 13.3. The van der Waals surface area contributed by atoms with Crippen molar-refractivity contribution >= 4 is 62.4 Å². The Morgan fingerprint density at radius 3 is 0.561 bits per heavy atom. The van der Waals surface area contributed by atoms with Crippen LogP contribution >= 0.6 is 30.6 Å². The van der Waals surface area contributed by atoms with Crippen LogP contribution in [0.5, 0.6) is 0 Å². The Hall–Kier alpha value is -2.62. The Kier molecular flexibility index (Phi) is 8.56. The molecular weight excluding hydrogens is 668 g/mol. The molecule has 0 aliphatic rings. The summed E-state index contributed by atoms with van der Waals surface area (Å²) >= 11 is -3.83. The SMILES string of the molecule is [Cl][Rh]([Cl])([PH](c1ccccc1)(c1ccccc1)c1ccccc1)[PH](c1ccccc1)(c1ccccc1)c1ccccc1. The molecule has 0 radical (unpaired) electrons. The van der Waals surface area contributed by atoms with E-state index in [0.29, 0.717) is 0 Å². The minimum absolute atomic E-state index is 1.25. The van der Waals surface area contributed by atoms with E-state index in [1.54, 1.807) is 0 Å². The second kappa shape index (κ2) is 12.3. The average molecular weight is 700 g/mol. The van der Waals surface area contributed by atoms with Gasteiger partial charge in [0.05, 0.1) is 0 Å². The maximum absolute atomic E-state index is 8.64. The van der Waals surface area contributed by atoms with Crippen molar-refractivity contribution in [1.82, 2.24) is 0 Å². The van der Waals surface area contributed by atoms with Gasteiger partial charge in [-0.2, -0.15) is 0 Å². The van der Waals surface area contributed by atoms with E-state index in [-0.39, 0.29) is 0 Å². The van der Waals surface area contributed by atoms with Crippen LogP contribution in [0.15, 0.2) is 182 Å². The summed E-state index contributed by atoms with van der Waals surface area (Å²) in [5, 5.41) is 7.52. The van der Waals surface area contributed by atoms with Gasteiger partial charge in [0.1, 0.15) is 0 Å². The van der Waals surface area contributed by atoms with Crippen molar-refractivity contribution in [1.29, 1.82) is 0 Å². The zero-order valence-electron chi connectivity index (χ0n) is 22.4. The van der Waals surface area contributed by atoms with Gasteiger partial charge in [-0.25, -0.2) is 0 Å². The molecule has 6 aromatic rings. The topological polar surface area (TPSA) is 0 Å². The van der Waals surface area contributed by atoms with E-state index in [2.05, 4.69) is 182 Å². The molecular formula is C36H32Cl2P2Rh. The fourth-order valence-electron chi connectivity index (χ4n) is 5.87. The van der Waals surface area contributed by atoms with E-state index >= 15 is 0 Å². The Morgan fingerprint density at radius 2 is 0.415 bits per heavy atom. The third kappa shape index (κ3) is 4.74. The van der Waals surface area contributed by atoms with Crippen LogP contribution in [0.4, 0.5) is 0 Å². The molecule has 0 amide bonds. The summed E-state index contributed by atoms with van der Waals surface area (Å²) in [6.07, 6.45) is 0. The van der Waals surface area contributed by atoms with E-state index in [4.69, 9.17) is 19.4 Å². The molecule has 6 rings (SSSR count). The molecule has 0 aliphatic carbocycles. The van der Waals surface area contributed by atoms with E-state index in [1.807, 2.05) is 0 Å². The molecule has 0 saturated carbocycles. The molecule has 41 heavy (non-hydrogen) atoms. The van der Waals surface area contributed by atoms with Crippen LogP contribution in [0, 0.1) is 0 Å². The molecule has 0 saturated heterocycles. The molecule has 0 unspecified atom stereocenters. The Labute approximate surface area is 254 Å². The van der Waals surface area contributed by atoms with E-state index in [9.17, 15) is 0 Å². The first-order valence-corrected chi connectivity index (χ1v) is 26.4. The fourth-order valence-corrected chi connectivity index (χ4v) is 64.3. The van der Waals surface area contributed by atoms with E-state index in [1.165, 1.54) is 31.8 Å². The van der Waals surface area contributed by atoms with Crippen molar-refractivity contribution in [3.05, 3.63) is 182 Å². The molecule has 6 aromatic carbocycles. The average Bonchev–Trinajstić information content (AvgIpc) is 3.05. The van der Waals surface area contributed by atoms with E-state index < -0.39 is 23.0 Å². The second-order valence-electron chi connectivity index (χ2n) is 9.83. The summed E-state index contributed by atoms with van der Waals surface area (Å²) in [6.45, 7) is 0. The van der Waals surface area contributed by atoms with Crippen LogP contribution in [0.2, 0.25) is 0 Å². The number of hydrogen-bond donors (Lipinski definition) is 0. The molecule has 0 nitrogen and oxygen atoms in total. The van der Waals surface area contributed by atoms with Gasteiger partial charge >= 0.3 is 256 Å². The van der Waals surface area contributed by atoms with E-state index in [0.717, 1.165) is 0 Å². The van der Waals surface area contributed by atoms with Gasteiger partial charge in [0.2, 0.25) is 0 Å². The molecule has 0 fully saturated rings. The van der Waals surface area contributed by atoms with Crippen molar-refractivity contribution in [3.63, 3.8) is 0 Å². The molecule has 0 aromatic heterocycles. The number of halogens is 2. The fraction of sp³-hybridized carbons (Fsp3) is 0. The predicted octanol–water partition coefficient (Wildman–Crippen LogP) is 7.73. The summed E-state index contributed by atoms with van der Waals surface area (Å²) < 4.78 is 0. The summed E-state index contributed by atoms with van der Waals surface area (Å²) in [5.41, 5.74) is -6.17. The van der Waals surface area contributed by atoms with Crippen molar-refractivity contribution in [2.24, 2.45) is 0 Å². The number of hydrogen-bond acceptors (Lipinski definition) is 0. The van der Waals surface area contributed by atoms with Crippen LogP contribution in [0.25, 0.3) is 0 Å². The molecule has 0 N–H and O–H groups in total. The Bertz CT molecular complexity index is 1360. The first-order valence-electron chi connectivity index (χ1n) is 13.5. The summed E-state index contributed by atoms with van der Waals surface area (Å²) in [7, 11) is 17.3. The standard InChI is InChI=1S/2C18H15P.2ClH.Rh/c2*1-4-10-16(11-5-1)19(17-12-6-2-7-13-17)18-14-8-3-9-15-18;;;/h2*1-15H;2*1H;. The molecule has 0 aliphatic heterocycles. The van der Waals surface area contributed by atoms with Crippen LogP contribution in [-0.2, 0) is 11.8 Å². The first kappa shape index (κ1) is 28.5. The van der Waals surface area contributed by atoms with Crippen LogP contribution in [0.3, 0.4) is 0 Å². The van der Waals surface area contributed by atoms with Crippen molar-refractivity contribution < 1.29 is 11.8 Å². The summed E-state index contributed by atoms with van der Waals surface area (Å²) in [6, 6.07) is 65.4. The second-order valence-corrected chi connectivity index (χ2v) is 43.2. The zero-order chi connectivity index (χ0) is 28.2. The van der Waals surface area contributed by atoms with Gasteiger partial charge in [-0.1, -0.05) is 0 Å². The number of benzene rings is 6. The predicted molar refractivity (Wildman–Crippen MR) is 185 cm³/mol. The monoisotopic (exact) mass is 699 g/mol. The maximum atomic E-state index is 8.64. The van der Waals surface area contributed by atoms with Gasteiger partial charge in [-0.05, 0) is 0 Å². The molecule has 5 heteroatoms. The van der Waals surface area contributed by atoms with Gasteiger partial charge in [0.25, 0.3) is 0 Å².